The van der Waals surface area contributed by atoms with Crippen LogP contribution >= 0.6 is 0 Å². The average molecular weight is 637 g/mol. The lowest BCUT2D eigenvalue weighted by Crippen LogP contribution is -2.02. The SMILES string of the molecule is N#Cc1ccc(-c2cccc(-c3nc(-c4ccccc4-c4ccccc4)nc(-c4c5ccccc5cc5c4ccc4ccccc45)n3)c2)cc1. The minimum atomic E-state index is 0.588. The summed E-state index contributed by atoms with van der Waals surface area (Å²) in [5, 5.41) is 16.2. The molecular formula is C46H28N4. The van der Waals surface area contributed by atoms with Crippen molar-refractivity contribution in [3.8, 4) is 62.5 Å². The Balaban J connectivity index is 1.34. The number of benzene rings is 8. The molecule has 0 N–H and O–H groups in total. The van der Waals surface area contributed by atoms with Gasteiger partial charge in [-0.25, -0.2) is 15.0 Å². The molecule has 4 heteroatoms. The zero-order valence-corrected chi connectivity index (χ0v) is 27.0. The molecule has 0 aliphatic carbocycles. The Morgan fingerprint density at radius 2 is 1.00 bits per heavy atom. The lowest BCUT2D eigenvalue weighted by atomic mass is 9.93. The lowest BCUT2D eigenvalue weighted by Gasteiger charge is -2.16. The Bertz CT molecular complexity index is 2760. The monoisotopic (exact) mass is 636 g/mol. The van der Waals surface area contributed by atoms with Gasteiger partial charge in [0.05, 0.1) is 11.6 Å². The van der Waals surface area contributed by atoms with E-state index in [-0.39, 0.29) is 0 Å². The Labute approximate surface area is 289 Å². The number of aromatic nitrogens is 3. The van der Waals surface area contributed by atoms with Gasteiger partial charge in [0.2, 0.25) is 0 Å². The van der Waals surface area contributed by atoms with Crippen molar-refractivity contribution in [1.29, 1.82) is 5.26 Å². The van der Waals surface area contributed by atoms with E-state index in [2.05, 4.69) is 127 Å². The normalized spacial score (nSPS) is 11.2. The molecule has 232 valence electrons. The lowest BCUT2D eigenvalue weighted by molar-refractivity contribution is 1.08. The van der Waals surface area contributed by atoms with Gasteiger partial charge in [0.15, 0.2) is 17.5 Å². The van der Waals surface area contributed by atoms with E-state index in [1.54, 1.807) is 0 Å². The molecule has 0 amide bonds. The highest BCUT2D eigenvalue weighted by molar-refractivity contribution is 6.19. The molecule has 1 heterocycles. The molecule has 0 radical (unpaired) electrons. The summed E-state index contributed by atoms with van der Waals surface area (Å²) >= 11 is 0. The molecule has 4 nitrogen and oxygen atoms in total. The maximum Gasteiger partial charge on any atom is 0.165 e. The van der Waals surface area contributed by atoms with Crippen molar-refractivity contribution in [2.75, 3.05) is 0 Å². The van der Waals surface area contributed by atoms with E-state index in [1.807, 2.05) is 48.5 Å². The van der Waals surface area contributed by atoms with E-state index in [4.69, 9.17) is 15.0 Å². The maximum atomic E-state index is 9.34. The van der Waals surface area contributed by atoms with Crippen LogP contribution < -0.4 is 0 Å². The number of nitriles is 1. The van der Waals surface area contributed by atoms with Gasteiger partial charge < -0.3 is 0 Å². The Hall–Kier alpha value is -6.96. The predicted octanol–water partition coefficient (Wildman–Crippen LogP) is 11.5. The van der Waals surface area contributed by atoms with Crippen LogP contribution in [0.25, 0.3) is 88.7 Å². The fourth-order valence-corrected chi connectivity index (χ4v) is 6.92. The van der Waals surface area contributed by atoms with E-state index in [1.165, 1.54) is 10.8 Å². The summed E-state index contributed by atoms with van der Waals surface area (Å²) < 4.78 is 0. The first-order valence-electron chi connectivity index (χ1n) is 16.6. The van der Waals surface area contributed by atoms with Crippen molar-refractivity contribution in [2.24, 2.45) is 0 Å². The Morgan fingerprint density at radius 3 is 1.82 bits per heavy atom. The quantitative estimate of drug-likeness (QED) is 0.139. The van der Waals surface area contributed by atoms with E-state index in [0.717, 1.165) is 60.5 Å². The maximum absolute atomic E-state index is 9.34. The summed E-state index contributed by atoms with van der Waals surface area (Å²) in [6.07, 6.45) is 0. The third-order valence-corrected chi connectivity index (χ3v) is 9.35. The van der Waals surface area contributed by atoms with Crippen LogP contribution in [0.15, 0.2) is 170 Å². The van der Waals surface area contributed by atoms with E-state index < -0.39 is 0 Å². The fraction of sp³-hybridized carbons (Fsp3) is 0. The number of nitrogens with zero attached hydrogens (tertiary/aromatic N) is 4. The largest absolute Gasteiger partial charge is 0.208 e. The van der Waals surface area contributed by atoms with Crippen LogP contribution in [-0.4, -0.2) is 15.0 Å². The van der Waals surface area contributed by atoms with Crippen molar-refractivity contribution in [2.45, 2.75) is 0 Å². The topological polar surface area (TPSA) is 62.5 Å². The molecule has 0 spiro atoms. The first kappa shape index (κ1) is 29.2. The minimum Gasteiger partial charge on any atom is -0.208 e. The molecule has 0 bridgehead atoms. The first-order valence-corrected chi connectivity index (χ1v) is 16.6. The summed E-state index contributed by atoms with van der Waals surface area (Å²) in [5.74, 6) is 1.81. The summed E-state index contributed by atoms with van der Waals surface area (Å²) in [7, 11) is 0. The molecule has 0 atom stereocenters. The zero-order chi connectivity index (χ0) is 33.4. The van der Waals surface area contributed by atoms with Gasteiger partial charge in [-0.3, -0.25) is 0 Å². The summed E-state index contributed by atoms with van der Waals surface area (Å²) in [6, 6.07) is 60.5. The van der Waals surface area contributed by atoms with Gasteiger partial charge in [0.1, 0.15) is 0 Å². The zero-order valence-electron chi connectivity index (χ0n) is 27.0. The number of rotatable bonds is 5. The molecule has 9 aromatic rings. The first-order chi connectivity index (χ1) is 24.7. The van der Waals surface area contributed by atoms with Gasteiger partial charge in [-0.1, -0.05) is 146 Å². The van der Waals surface area contributed by atoms with Gasteiger partial charge >= 0.3 is 0 Å². The fourth-order valence-electron chi connectivity index (χ4n) is 6.92. The second-order valence-corrected chi connectivity index (χ2v) is 12.3. The van der Waals surface area contributed by atoms with E-state index >= 15 is 0 Å². The molecule has 0 aliphatic rings. The van der Waals surface area contributed by atoms with Gasteiger partial charge in [0.25, 0.3) is 0 Å². The molecular weight excluding hydrogens is 609 g/mol. The molecule has 9 rings (SSSR count). The standard InChI is InChI=1S/C46H28N4/c47-29-30-21-23-31(24-22-30)34-15-10-16-36(27-34)44-48-45(41-20-9-8-17-37(41)32-11-2-1-3-12-32)50-46(49-44)43-39-19-7-5-14-35(39)28-42-38-18-6-4-13-33(38)25-26-40(42)43/h1-28H. The van der Waals surface area contributed by atoms with Gasteiger partial charge in [-0.05, 0) is 78.8 Å². The molecule has 0 saturated heterocycles. The molecule has 0 aliphatic heterocycles. The number of hydrogen-bond donors (Lipinski definition) is 0. The Morgan fingerprint density at radius 1 is 0.360 bits per heavy atom. The summed E-state index contributed by atoms with van der Waals surface area (Å²) in [5.41, 5.74) is 7.60. The Kier molecular flexibility index (Phi) is 7.15. The van der Waals surface area contributed by atoms with Crippen molar-refractivity contribution in [3.05, 3.63) is 175 Å². The van der Waals surface area contributed by atoms with Crippen LogP contribution in [0.2, 0.25) is 0 Å². The summed E-state index contributed by atoms with van der Waals surface area (Å²) in [6.45, 7) is 0. The van der Waals surface area contributed by atoms with Gasteiger partial charge in [-0.2, -0.15) is 5.26 Å². The highest BCUT2D eigenvalue weighted by Gasteiger charge is 2.20. The van der Waals surface area contributed by atoms with Crippen LogP contribution in [-0.2, 0) is 0 Å². The highest BCUT2D eigenvalue weighted by atomic mass is 15.0. The van der Waals surface area contributed by atoms with Gasteiger partial charge in [0, 0.05) is 16.7 Å². The predicted molar refractivity (Wildman–Crippen MR) is 204 cm³/mol. The van der Waals surface area contributed by atoms with Crippen LogP contribution in [0.1, 0.15) is 5.56 Å². The third-order valence-electron chi connectivity index (χ3n) is 9.35. The second-order valence-electron chi connectivity index (χ2n) is 12.3. The van der Waals surface area contributed by atoms with Crippen molar-refractivity contribution < 1.29 is 0 Å². The second kappa shape index (κ2) is 12.2. The average Bonchev–Trinajstić information content (AvgIpc) is 3.20. The molecule has 0 fully saturated rings. The highest BCUT2D eigenvalue weighted by Crippen LogP contribution is 2.40. The third kappa shape index (κ3) is 5.15. The van der Waals surface area contributed by atoms with Crippen LogP contribution in [0.4, 0.5) is 0 Å². The molecule has 1 aromatic heterocycles. The van der Waals surface area contributed by atoms with Crippen molar-refractivity contribution in [1.82, 2.24) is 15.0 Å². The van der Waals surface area contributed by atoms with Crippen LogP contribution in [0.5, 0.6) is 0 Å². The molecule has 8 aromatic carbocycles. The molecule has 50 heavy (non-hydrogen) atoms. The summed E-state index contributed by atoms with van der Waals surface area (Å²) in [4.78, 5) is 15.8. The van der Waals surface area contributed by atoms with E-state index in [9.17, 15) is 5.26 Å². The molecule has 0 saturated carbocycles. The minimum absolute atomic E-state index is 0.588. The van der Waals surface area contributed by atoms with Crippen molar-refractivity contribution >= 4 is 32.3 Å². The van der Waals surface area contributed by atoms with Crippen LogP contribution in [0.3, 0.4) is 0 Å². The molecule has 0 unspecified atom stereocenters. The number of hydrogen-bond acceptors (Lipinski definition) is 4. The smallest absolute Gasteiger partial charge is 0.165 e. The van der Waals surface area contributed by atoms with E-state index in [0.29, 0.717) is 23.0 Å². The van der Waals surface area contributed by atoms with Gasteiger partial charge in [-0.15, -0.1) is 0 Å². The number of fused-ring (bicyclic) bond motifs is 4. The van der Waals surface area contributed by atoms with Crippen LogP contribution in [0, 0.1) is 11.3 Å². The van der Waals surface area contributed by atoms with Crippen molar-refractivity contribution in [3.63, 3.8) is 0 Å².